The first-order valence-electron chi connectivity index (χ1n) is 8.62. The molecule has 0 aliphatic rings. The molecule has 3 N–H and O–H groups in total. The minimum Gasteiger partial charge on any atom is -0.497 e. The number of carbonyl (C=O) groups excluding carboxylic acids is 3. The highest BCUT2D eigenvalue weighted by Crippen LogP contribution is 2.14. The van der Waals surface area contributed by atoms with Crippen molar-refractivity contribution in [2.75, 3.05) is 38.6 Å². The van der Waals surface area contributed by atoms with Crippen LogP contribution in [0.25, 0.3) is 0 Å². The number of rotatable bonds is 10. The predicted molar refractivity (Wildman–Crippen MR) is 100 cm³/mol. The summed E-state index contributed by atoms with van der Waals surface area (Å²) in [7, 11) is 1.57. The predicted octanol–water partition coefficient (Wildman–Crippen LogP) is 0.596. The Balaban J connectivity index is 2.48. The summed E-state index contributed by atoms with van der Waals surface area (Å²) >= 11 is 0. The number of methoxy groups -OCH3 is 1. The molecule has 0 bridgehead atoms. The van der Waals surface area contributed by atoms with E-state index in [4.69, 9.17) is 4.74 Å². The lowest BCUT2D eigenvalue weighted by Gasteiger charge is -2.21. The van der Waals surface area contributed by atoms with Crippen molar-refractivity contribution in [2.24, 2.45) is 0 Å². The highest BCUT2D eigenvalue weighted by atomic mass is 16.5. The van der Waals surface area contributed by atoms with E-state index in [1.165, 1.54) is 0 Å². The standard InChI is InChI=1S/C18H28N4O4/c1-5-19-18(25)13(3)20-16(23)11-22(6-2)12-17(24)21-14-7-9-15(26-4)10-8-14/h7-10,13H,5-6,11-12H2,1-4H3,(H,19,25)(H,20,23)(H,21,24)/t13-/m1/s1. The first kappa shape index (κ1) is 21.4. The summed E-state index contributed by atoms with van der Waals surface area (Å²) in [5.41, 5.74) is 0.654. The minimum atomic E-state index is -0.616. The fraction of sp³-hybridized carbons (Fsp3) is 0.500. The quantitative estimate of drug-likeness (QED) is 0.564. The maximum absolute atomic E-state index is 12.2. The Kier molecular flexibility index (Phi) is 9.14. The van der Waals surface area contributed by atoms with Gasteiger partial charge >= 0.3 is 0 Å². The molecule has 0 unspecified atom stereocenters. The zero-order valence-electron chi connectivity index (χ0n) is 15.8. The van der Waals surface area contributed by atoms with E-state index in [9.17, 15) is 14.4 Å². The van der Waals surface area contributed by atoms with Crippen molar-refractivity contribution in [1.82, 2.24) is 15.5 Å². The average molecular weight is 364 g/mol. The Morgan fingerprint density at radius 2 is 1.69 bits per heavy atom. The third kappa shape index (κ3) is 7.52. The van der Waals surface area contributed by atoms with Crippen molar-refractivity contribution >= 4 is 23.4 Å². The monoisotopic (exact) mass is 364 g/mol. The zero-order chi connectivity index (χ0) is 19.5. The molecule has 0 saturated heterocycles. The van der Waals surface area contributed by atoms with Crippen molar-refractivity contribution in [3.05, 3.63) is 24.3 Å². The molecular weight excluding hydrogens is 336 g/mol. The fourth-order valence-corrected chi connectivity index (χ4v) is 2.24. The van der Waals surface area contributed by atoms with Gasteiger partial charge in [-0.3, -0.25) is 19.3 Å². The maximum Gasteiger partial charge on any atom is 0.242 e. The molecule has 0 fully saturated rings. The maximum atomic E-state index is 12.2. The van der Waals surface area contributed by atoms with Crippen LogP contribution >= 0.6 is 0 Å². The van der Waals surface area contributed by atoms with Crippen LogP contribution in [0.2, 0.25) is 0 Å². The fourth-order valence-electron chi connectivity index (χ4n) is 2.24. The van der Waals surface area contributed by atoms with Crippen molar-refractivity contribution in [2.45, 2.75) is 26.8 Å². The number of ether oxygens (including phenoxy) is 1. The number of likely N-dealkylation sites (N-methyl/N-ethyl adjacent to an activating group) is 2. The molecule has 1 atom stereocenters. The summed E-state index contributed by atoms with van der Waals surface area (Å²) < 4.78 is 5.07. The number of nitrogens with zero attached hydrogens (tertiary/aromatic N) is 1. The van der Waals surface area contributed by atoms with Gasteiger partial charge in [-0.25, -0.2) is 0 Å². The van der Waals surface area contributed by atoms with E-state index in [-0.39, 0.29) is 30.8 Å². The minimum absolute atomic E-state index is 0.0380. The van der Waals surface area contributed by atoms with Gasteiger partial charge in [-0.2, -0.15) is 0 Å². The van der Waals surface area contributed by atoms with Gasteiger partial charge in [-0.15, -0.1) is 0 Å². The number of hydrogen-bond acceptors (Lipinski definition) is 5. The van der Waals surface area contributed by atoms with Crippen molar-refractivity contribution in [1.29, 1.82) is 0 Å². The van der Waals surface area contributed by atoms with Crippen molar-refractivity contribution in [3.8, 4) is 5.75 Å². The molecule has 1 rings (SSSR count). The molecule has 0 heterocycles. The van der Waals surface area contributed by atoms with E-state index in [0.717, 1.165) is 0 Å². The molecule has 1 aromatic rings. The number of nitrogens with one attached hydrogen (secondary N) is 3. The van der Waals surface area contributed by atoms with E-state index < -0.39 is 6.04 Å². The lowest BCUT2D eigenvalue weighted by Crippen LogP contribution is -2.48. The lowest BCUT2D eigenvalue weighted by atomic mass is 10.3. The topological polar surface area (TPSA) is 99.8 Å². The molecule has 0 saturated carbocycles. The van der Waals surface area contributed by atoms with Crippen LogP contribution < -0.4 is 20.7 Å². The van der Waals surface area contributed by atoms with Crippen LogP contribution in [-0.4, -0.2) is 62.0 Å². The smallest absolute Gasteiger partial charge is 0.242 e. The van der Waals surface area contributed by atoms with E-state index >= 15 is 0 Å². The van der Waals surface area contributed by atoms with Crippen molar-refractivity contribution < 1.29 is 19.1 Å². The van der Waals surface area contributed by atoms with Crippen LogP contribution in [0, 0.1) is 0 Å². The summed E-state index contributed by atoms with van der Waals surface area (Å²) in [6.07, 6.45) is 0. The van der Waals surface area contributed by atoms with Gasteiger partial charge < -0.3 is 20.7 Å². The van der Waals surface area contributed by atoms with Gasteiger partial charge in [0.1, 0.15) is 11.8 Å². The lowest BCUT2D eigenvalue weighted by molar-refractivity contribution is -0.129. The largest absolute Gasteiger partial charge is 0.497 e. The molecule has 8 heteroatoms. The summed E-state index contributed by atoms with van der Waals surface area (Å²) in [4.78, 5) is 37.6. The first-order valence-corrected chi connectivity index (χ1v) is 8.62. The number of anilines is 1. The van der Waals surface area contributed by atoms with Crippen LogP contribution in [0.3, 0.4) is 0 Å². The van der Waals surface area contributed by atoms with Gasteiger partial charge in [0, 0.05) is 12.2 Å². The van der Waals surface area contributed by atoms with E-state index in [1.807, 2.05) is 13.8 Å². The summed E-state index contributed by atoms with van der Waals surface area (Å²) in [5.74, 6) is -0.0540. The molecule has 144 valence electrons. The van der Waals surface area contributed by atoms with Gasteiger partial charge in [-0.1, -0.05) is 6.92 Å². The summed E-state index contributed by atoms with van der Waals surface area (Å²) in [6, 6.07) is 6.38. The Hall–Kier alpha value is -2.61. The van der Waals surface area contributed by atoms with Gasteiger partial charge in [0.15, 0.2) is 0 Å². The summed E-state index contributed by atoms with van der Waals surface area (Å²) in [6.45, 7) is 6.44. The molecular formula is C18H28N4O4. The zero-order valence-corrected chi connectivity index (χ0v) is 15.8. The van der Waals surface area contributed by atoms with Crippen LogP contribution in [0.4, 0.5) is 5.69 Å². The van der Waals surface area contributed by atoms with Crippen LogP contribution in [0.5, 0.6) is 5.75 Å². The molecule has 0 spiro atoms. The van der Waals surface area contributed by atoms with E-state index in [2.05, 4.69) is 16.0 Å². The second-order valence-corrected chi connectivity index (χ2v) is 5.76. The van der Waals surface area contributed by atoms with Gasteiger partial charge in [0.25, 0.3) is 0 Å². The third-order valence-corrected chi connectivity index (χ3v) is 3.68. The Labute approximate surface area is 154 Å². The second-order valence-electron chi connectivity index (χ2n) is 5.76. The van der Waals surface area contributed by atoms with Crippen molar-refractivity contribution in [3.63, 3.8) is 0 Å². The Morgan fingerprint density at radius 1 is 1.08 bits per heavy atom. The SMILES string of the molecule is CCNC(=O)[C@@H](C)NC(=O)CN(CC)CC(=O)Nc1ccc(OC)cc1. The van der Waals surface area contributed by atoms with Crippen LogP contribution in [0.1, 0.15) is 20.8 Å². The van der Waals surface area contributed by atoms with Gasteiger partial charge in [0.2, 0.25) is 17.7 Å². The van der Waals surface area contributed by atoms with Crippen LogP contribution in [0.15, 0.2) is 24.3 Å². The molecule has 0 radical (unpaired) electrons. The number of carbonyl (C=O) groups is 3. The summed E-state index contributed by atoms with van der Waals surface area (Å²) in [5, 5.41) is 8.05. The molecule has 1 aromatic carbocycles. The molecule has 8 nitrogen and oxygen atoms in total. The molecule has 0 aliphatic carbocycles. The number of benzene rings is 1. The van der Waals surface area contributed by atoms with E-state index in [1.54, 1.807) is 43.2 Å². The first-order chi connectivity index (χ1) is 12.4. The molecule has 26 heavy (non-hydrogen) atoms. The van der Waals surface area contributed by atoms with E-state index in [0.29, 0.717) is 24.5 Å². The van der Waals surface area contributed by atoms with Gasteiger partial charge in [-0.05, 0) is 44.7 Å². The molecule has 3 amide bonds. The van der Waals surface area contributed by atoms with Gasteiger partial charge in [0.05, 0.1) is 20.2 Å². The Bertz CT molecular complexity index is 604. The number of hydrogen-bond donors (Lipinski definition) is 3. The van der Waals surface area contributed by atoms with Crippen LogP contribution in [-0.2, 0) is 14.4 Å². The third-order valence-electron chi connectivity index (χ3n) is 3.68. The molecule has 0 aromatic heterocycles. The second kappa shape index (κ2) is 11.1. The average Bonchev–Trinajstić information content (AvgIpc) is 2.61. The highest BCUT2D eigenvalue weighted by Gasteiger charge is 2.18. The Morgan fingerprint density at radius 3 is 2.23 bits per heavy atom. The number of amides is 3. The normalized spacial score (nSPS) is 11.6. The highest BCUT2D eigenvalue weighted by molar-refractivity contribution is 5.93. The molecule has 0 aliphatic heterocycles.